The number of nitrogens with zero attached hydrogens (tertiary/aromatic N) is 4. The van der Waals surface area contributed by atoms with Gasteiger partial charge in [-0.05, 0) is 61.7 Å². The monoisotopic (exact) mass is 485 g/mol. The van der Waals surface area contributed by atoms with Gasteiger partial charge in [0.05, 0.1) is 12.2 Å². The van der Waals surface area contributed by atoms with Crippen LogP contribution in [0.25, 0.3) is 17.0 Å². The number of ether oxygens (including phenoxy) is 1. The summed E-state index contributed by atoms with van der Waals surface area (Å²) in [5, 5.41) is 17.0. The lowest BCUT2D eigenvalue weighted by molar-refractivity contribution is -0.114. The molecule has 0 saturated heterocycles. The first-order valence-electron chi connectivity index (χ1n) is 11.8. The minimum atomic E-state index is -0.398. The molecule has 5 rings (SSSR count). The first-order chi connectivity index (χ1) is 17.0. The van der Waals surface area contributed by atoms with Crippen LogP contribution >= 0.6 is 11.8 Å². The zero-order chi connectivity index (χ0) is 24.4. The van der Waals surface area contributed by atoms with E-state index in [1.807, 2.05) is 55.6 Å². The van der Waals surface area contributed by atoms with E-state index in [4.69, 9.17) is 10.1 Å². The number of para-hydroxylation sites is 2. The molecule has 178 valence electrons. The Hall–Kier alpha value is -3.65. The third-order valence-corrected chi connectivity index (χ3v) is 6.94. The molecule has 2 aliphatic rings. The summed E-state index contributed by atoms with van der Waals surface area (Å²) in [4.78, 5) is 17.0. The molecule has 2 aromatic carbocycles. The molecule has 0 fully saturated rings. The van der Waals surface area contributed by atoms with E-state index in [0.717, 1.165) is 58.6 Å². The molecule has 0 spiro atoms. The van der Waals surface area contributed by atoms with Gasteiger partial charge in [-0.25, -0.2) is 0 Å². The standard InChI is InChI=1S/C27H27N5O2S/c1-3-9-24-30-32-25(28)21(26(33)29-27(32)35-24)16-19-17-31(22-12-6-5-11-20(19)22)14-8-15-34-23-13-7-4-10-18(23)2/h4-7,10-13,16-17,28H,3,8-9,14-15H2,1-2H3/b21-16-,28-25?. The third kappa shape index (κ3) is 4.66. The summed E-state index contributed by atoms with van der Waals surface area (Å²) in [5.74, 6) is 0.585. The van der Waals surface area contributed by atoms with Crippen LogP contribution in [-0.2, 0) is 11.3 Å². The van der Waals surface area contributed by atoms with E-state index in [0.29, 0.717) is 11.8 Å². The number of benzene rings is 2. The molecule has 3 aromatic rings. The first kappa shape index (κ1) is 23.1. The summed E-state index contributed by atoms with van der Waals surface area (Å²) < 4.78 is 8.14. The van der Waals surface area contributed by atoms with E-state index in [1.54, 1.807) is 6.08 Å². The number of aromatic nitrogens is 1. The Labute approximate surface area is 208 Å². The fourth-order valence-electron chi connectivity index (χ4n) is 4.21. The lowest BCUT2D eigenvalue weighted by Crippen LogP contribution is -2.35. The zero-order valence-corrected chi connectivity index (χ0v) is 20.6. The van der Waals surface area contributed by atoms with Gasteiger partial charge in [0.2, 0.25) is 5.17 Å². The zero-order valence-electron chi connectivity index (χ0n) is 19.8. The van der Waals surface area contributed by atoms with Gasteiger partial charge in [-0.3, -0.25) is 10.2 Å². The maximum absolute atomic E-state index is 12.8. The van der Waals surface area contributed by atoms with Crippen molar-refractivity contribution >= 4 is 50.7 Å². The highest BCUT2D eigenvalue weighted by molar-refractivity contribution is 8.26. The second kappa shape index (κ2) is 9.92. The van der Waals surface area contributed by atoms with E-state index in [1.165, 1.54) is 16.8 Å². The number of hydrogen-bond donors (Lipinski definition) is 1. The Kier molecular flexibility index (Phi) is 6.55. The number of amides is 1. The molecule has 3 heterocycles. The van der Waals surface area contributed by atoms with E-state index < -0.39 is 5.91 Å². The maximum atomic E-state index is 12.8. The highest BCUT2D eigenvalue weighted by Crippen LogP contribution is 2.31. The van der Waals surface area contributed by atoms with Gasteiger partial charge in [-0.2, -0.15) is 15.1 Å². The quantitative estimate of drug-likeness (QED) is 0.321. The molecular weight excluding hydrogens is 458 g/mol. The van der Waals surface area contributed by atoms with E-state index in [2.05, 4.69) is 27.7 Å². The Morgan fingerprint density at radius 3 is 2.77 bits per heavy atom. The van der Waals surface area contributed by atoms with Gasteiger partial charge < -0.3 is 9.30 Å². The molecular formula is C27H27N5O2S. The molecule has 0 unspecified atom stereocenters. The Balaban J connectivity index is 1.37. The number of nitrogens with one attached hydrogen (secondary N) is 1. The van der Waals surface area contributed by atoms with Gasteiger partial charge >= 0.3 is 0 Å². The minimum Gasteiger partial charge on any atom is -0.493 e. The van der Waals surface area contributed by atoms with Crippen molar-refractivity contribution in [2.24, 2.45) is 10.1 Å². The molecule has 0 atom stereocenters. The van der Waals surface area contributed by atoms with Crippen molar-refractivity contribution in [1.82, 2.24) is 9.58 Å². The second-order valence-electron chi connectivity index (χ2n) is 8.53. The first-order valence-corrected chi connectivity index (χ1v) is 12.6. The van der Waals surface area contributed by atoms with Gasteiger partial charge in [0.15, 0.2) is 5.84 Å². The van der Waals surface area contributed by atoms with Crippen molar-refractivity contribution in [3.05, 3.63) is 71.4 Å². The molecule has 0 radical (unpaired) electrons. The van der Waals surface area contributed by atoms with Crippen LogP contribution in [0.4, 0.5) is 0 Å². The van der Waals surface area contributed by atoms with E-state index in [9.17, 15) is 4.79 Å². The predicted molar refractivity (Wildman–Crippen MR) is 143 cm³/mol. The van der Waals surface area contributed by atoms with Crippen LogP contribution < -0.4 is 4.74 Å². The normalized spacial score (nSPS) is 16.6. The molecule has 35 heavy (non-hydrogen) atoms. The molecule has 7 nitrogen and oxygen atoms in total. The molecule has 8 heteroatoms. The SMILES string of the molecule is CCCC1=NN2C(=N)/C(=C/c3cn(CCCOc4ccccc4C)c4ccccc34)C(=O)N=C2S1. The Bertz CT molecular complexity index is 1400. The summed E-state index contributed by atoms with van der Waals surface area (Å²) >= 11 is 1.37. The molecule has 0 saturated carbocycles. The second-order valence-corrected chi connectivity index (χ2v) is 9.57. The molecule has 1 aromatic heterocycles. The summed E-state index contributed by atoms with van der Waals surface area (Å²) in [5.41, 5.74) is 3.34. The van der Waals surface area contributed by atoms with Crippen LogP contribution in [0.2, 0.25) is 0 Å². The number of carbonyl (C=O) groups excluding carboxylic acids is 1. The Morgan fingerprint density at radius 1 is 1.14 bits per heavy atom. The largest absolute Gasteiger partial charge is 0.493 e. The van der Waals surface area contributed by atoms with Crippen molar-refractivity contribution < 1.29 is 9.53 Å². The van der Waals surface area contributed by atoms with Crippen molar-refractivity contribution in [1.29, 1.82) is 5.41 Å². The van der Waals surface area contributed by atoms with E-state index >= 15 is 0 Å². The van der Waals surface area contributed by atoms with Crippen LogP contribution in [0, 0.1) is 12.3 Å². The summed E-state index contributed by atoms with van der Waals surface area (Å²) in [6, 6.07) is 16.1. The predicted octanol–water partition coefficient (Wildman–Crippen LogP) is 5.84. The summed E-state index contributed by atoms with van der Waals surface area (Å²) in [6.07, 6.45) is 6.40. The van der Waals surface area contributed by atoms with Crippen molar-refractivity contribution in [2.45, 2.75) is 39.7 Å². The maximum Gasteiger partial charge on any atom is 0.283 e. The molecule has 2 aliphatic heterocycles. The molecule has 1 amide bonds. The highest BCUT2D eigenvalue weighted by atomic mass is 32.2. The number of hydrazone groups is 1. The average Bonchev–Trinajstić information content (AvgIpc) is 3.42. The van der Waals surface area contributed by atoms with Crippen molar-refractivity contribution in [2.75, 3.05) is 6.61 Å². The smallest absolute Gasteiger partial charge is 0.283 e. The lowest BCUT2D eigenvalue weighted by Gasteiger charge is -2.20. The number of aryl methyl sites for hydroxylation is 2. The number of rotatable bonds is 8. The van der Waals surface area contributed by atoms with Crippen LogP contribution in [0.3, 0.4) is 0 Å². The third-order valence-electron chi connectivity index (χ3n) is 5.97. The van der Waals surface area contributed by atoms with Gasteiger partial charge in [0.1, 0.15) is 10.8 Å². The molecule has 0 bridgehead atoms. The number of amidine groups is 2. The van der Waals surface area contributed by atoms with Gasteiger partial charge in [0, 0.05) is 29.2 Å². The number of carbonyl (C=O) groups is 1. The van der Waals surface area contributed by atoms with Crippen LogP contribution in [0.15, 0.2) is 70.4 Å². The summed E-state index contributed by atoms with van der Waals surface area (Å²) in [6.45, 7) is 5.51. The van der Waals surface area contributed by atoms with Crippen LogP contribution in [-0.4, -0.2) is 38.1 Å². The van der Waals surface area contributed by atoms with Gasteiger partial charge in [-0.1, -0.05) is 43.3 Å². The topological polar surface area (TPSA) is 83.0 Å². The van der Waals surface area contributed by atoms with Gasteiger partial charge in [-0.15, -0.1) is 0 Å². The highest BCUT2D eigenvalue weighted by Gasteiger charge is 2.35. The molecule has 1 N–H and O–H groups in total. The average molecular weight is 486 g/mol. The van der Waals surface area contributed by atoms with Crippen molar-refractivity contribution in [3.8, 4) is 5.75 Å². The van der Waals surface area contributed by atoms with Crippen LogP contribution in [0.5, 0.6) is 5.75 Å². The lowest BCUT2D eigenvalue weighted by atomic mass is 10.1. The summed E-state index contributed by atoms with van der Waals surface area (Å²) in [7, 11) is 0. The van der Waals surface area contributed by atoms with E-state index in [-0.39, 0.29) is 11.4 Å². The number of thioether (sulfide) groups is 1. The van der Waals surface area contributed by atoms with Crippen molar-refractivity contribution in [3.63, 3.8) is 0 Å². The van der Waals surface area contributed by atoms with Crippen LogP contribution in [0.1, 0.15) is 37.3 Å². The number of fused-ring (bicyclic) bond motifs is 2. The fraction of sp³-hybridized carbons (Fsp3) is 0.259. The minimum absolute atomic E-state index is 0.0714. The van der Waals surface area contributed by atoms with Gasteiger partial charge in [0.25, 0.3) is 5.91 Å². The fourth-order valence-corrected chi connectivity index (χ4v) is 5.20. The number of hydrogen-bond acceptors (Lipinski definition) is 5. The Morgan fingerprint density at radius 2 is 1.94 bits per heavy atom. The number of aliphatic imine (C=N–C) groups is 1. The molecule has 0 aliphatic carbocycles.